The molecule has 0 aromatic heterocycles. The van der Waals surface area contributed by atoms with Crippen molar-refractivity contribution >= 4 is 11.8 Å². The Morgan fingerprint density at radius 2 is 1.52 bits per heavy atom. The highest BCUT2D eigenvalue weighted by molar-refractivity contribution is 5.73. The van der Waals surface area contributed by atoms with Crippen molar-refractivity contribution in [2.45, 2.75) is 88.8 Å². The quantitative estimate of drug-likeness (QED) is 0.248. The Kier molecular flexibility index (Phi) is 10.4. The van der Waals surface area contributed by atoms with Gasteiger partial charge in [-0.2, -0.15) is 0 Å². The first-order valence-electron chi connectivity index (χ1n) is 11.0. The van der Waals surface area contributed by atoms with Crippen LogP contribution in [0.25, 0.3) is 0 Å². The summed E-state index contributed by atoms with van der Waals surface area (Å²) in [5.41, 5.74) is 0. The van der Waals surface area contributed by atoms with E-state index < -0.39 is 73.6 Å². The number of aliphatic hydroxyl groups is 3. The lowest BCUT2D eigenvalue weighted by molar-refractivity contribution is -0.313. The molecule has 192 valence electrons. The van der Waals surface area contributed by atoms with Crippen LogP contribution in [0.5, 0.6) is 0 Å². The fourth-order valence-electron chi connectivity index (χ4n) is 4.43. The Morgan fingerprint density at radius 3 is 2.00 bits per heavy atom. The predicted octanol–water partition coefficient (Wildman–Crippen LogP) is -2.10. The van der Waals surface area contributed by atoms with E-state index in [0.29, 0.717) is 0 Å². The van der Waals surface area contributed by atoms with E-state index in [1.54, 1.807) is 0 Å². The lowest BCUT2D eigenvalue weighted by Crippen LogP contribution is -2.70. The zero-order valence-corrected chi connectivity index (χ0v) is 20.0. The third-order valence-electron chi connectivity index (χ3n) is 5.90. The molecule has 12 heteroatoms. The number of hydrogen-bond acceptors (Lipinski definition) is 10. The van der Waals surface area contributed by atoms with E-state index in [1.165, 1.54) is 28.1 Å². The Morgan fingerprint density at radius 1 is 0.939 bits per heavy atom. The van der Waals surface area contributed by atoms with Crippen LogP contribution in [-0.4, -0.2) is 116 Å². The van der Waals surface area contributed by atoms with Crippen LogP contribution in [0, 0.1) is 5.92 Å². The monoisotopic (exact) mass is 478 g/mol. The van der Waals surface area contributed by atoms with Gasteiger partial charge in [-0.25, -0.2) is 0 Å². The van der Waals surface area contributed by atoms with Gasteiger partial charge in [0.1, 0.15) is 42.7 Å². The van der Waals surface area contributed by atoms with Gasteiger partial charge in [0.15, 0.2) is 6.29 Å². The molecule has 0 aliphatic carbocycles. The Balaban J connectivity index is 2.43. The number of methoxy groups -OCH3 is 2. The molecular formula is C21H38N2O10. The van der Waals surface area contributed by atoms with E-state index in [0.717, 1.165) is 0 Å². The second-order valence-electron chi connectivity index (χ2n) is 8.80. The van der Waals surface area contributed by atoms with Crippen molar-refractivity contribution in [2.75, 3.05) is 27.4 Å². The number of hydrogen-bond donors (Lipinski definition) is 5. The van der Waals surface area contributed by atoms with Crippen LogP contribution in [0.15, 0.2) is 0 Å². The van der Waals surface area contributed by atoms with Gasteiger partial charge in [0.25, 0.3) is 0 Å². The normalized spacial score (nSPS) is 39.3. The number of carbonyl (C=O) groups is 2. The van der Waals surface area contributed by atoms with Crippen LogP contribution >= 0.6 is 0 Å². The van der Waals surface area contributed by atoms with Gasteiger partial charge in [0, 0.05) is 28.1 Å². The predicted molar refractivity (Wildman–Crippen MR) is 114 cm³/mol. The highest BCUT2D eigenvalue weighted by atomic mass is 16.7. The summed E-state index contributed by atoms with van der Waals surface area (Å²) in [6.07, 6.45) is -8.00. The molecule has 0 saturated carbocycles. The van der Waals surface area contributed by atoms with E-state index in [4.69, 9.17) is 23.7 Å². The topological polar surface area (TPSA) is 165 Å². The molecule has 2 amide bonds. The van der Waals surface area contributed by atoms with Crippen molar-refractivity contribution in [3.63, 3.8) is 0 Å². The third kappa shape index (κ3) is 6.61. The van der Waals surface area contributed by atoms with E-state index in [1.807, 2.05) is 13.8 Å². The molecule has 2 fully saturated rings. The molecule has 2 heterocycles. The smallest absolute Gasteiger partial charge is 0.217 e. The fourth-order valence-corrected chi connectivity index (χ4v) is 4.43. The number of amides is 2. The molecule has 4 unspecified atom stereocenters. The van der Waals surface area contributed by atoms with E-state index >= 15 is 0 Å². The van der Waals surface area contributed by atoms with Gasteiger partial charge in [-0.1, -0.05) is 13.8 Å². The highest BCUT2D eigenvalue weighted by Crippen LogP contribution is 2.32. The molecule has 2 aliphatic rings. The molecule has 2 aliphatic heterocycles. The molecule has 10 atom stereocenters. The van der Waals surface area contributed by atoms with Gasteiger partial charge >= 0.3 is 0 Å². The molecule has 0 aromatic carbocycles. The van der Waals surface area contributed by atoms with E-state index in [-0.39, 0.29) is 18.4 Å². The molecule has 33 heavy (non-hydrogen) atoms. The zero-order valence-electron chi connectivity index (χ0n) is 20.0. The third-order valence-corrected chi connectivity index (χ3v) is 5.90. The molecule has 12 nitrogen and oxygen atoms in total. The van der Waals surface area contributed by atoms with Crippen molar-refractivity contribution in [1.29, 1.82) is 0 Å². The van der Waals surface area contributed by atoms with Crippen LogP contribution in [-0.2, 0) is 33.3 Å². The van der Waals surface area contributed by atoms with Gasteiger partial charge in [-0.05, 0) is 5.92 Å². The van der Waals surface area contributed by atoms with Crippen molar-refractivity contribution in [3.05, 3.63) is 0 Å². The Labute approximate surface area is 193 Å². The maximum Gasteiger partial charge on any atom is 0.217 e. The molecule has 2 rings (SSSR count). The lowest BCUT2D eigenvalue weighted by Gasteiger charge is -2.50. The molecular weight excluding hydrogens is 440 g/mol. The maximum absolute atomic E-state index is 12.0. The number of carbonyl (C=O) groups excluding carboxylic acids is 2. The molecule has 0 bridgehead atoms. The summed E-state index contributed by atoms with van der Waals surface area (Å²) in [5.74, 6) is -0.860. The molecule has 2 saturated heterocycles. The van der Waals surface area contributed by atoms with Crippen molar-refractivity contribution in [3.8, 4) is 0 Å². The van der Waals surface area contributed by atoms with Crippen LogP contribution < -0.4 is 10.6 Å². The van der Waals surface area contributed by atoms with Crippen molar-refractivity contribution in [2.24, 2.45) is 5.92 Å². The number of ether oxygens (including phenoxy) is 5. The number of rotatable bonds is 9. The molecule has 0 spiro atoms. The molecule has 0 aromatic rings. The van der Waals surface area contributed by atoms with Crippen LogP contribution in [0.2, 0.25) is 0 Å². The van der Waals surface area contributed by atoms with Gasteiger partial charge in [0.2, 0.25) is 11.8 Å². The van der Waals surface area contributed by atoms with Crippen molar-refractivity contribution < 1.29 is 48.6 Å². The minimum Gasteiger partial charge on any atom is -0.394 e. The maximum atomic E-state index is 12.0. The fraction of sp³-hybridized carbons (Fsp3) is 0.905. The van der Waals surface area contributed by atoms with Crippen LogP contribution in [0.1, 0.15) is 27.7 Å². The Bertz CT molecular complexity index is 651. The average molecular weight is 479 g/mol. The number of aliphatic hydroxyl groups excluding tert-OH is 3. The van der Waals surface area contributed by atoms with Crippen molar-refractivity contribution in [1.82, 2.24) is 10.6 Å². The summed E-state index contributed by atoms with van der Waals surface area (Å²) in [5, 5.41) is 36.9. The Hall–Kier alpha value is -1.38. The standard InChI is InChI=1S/C21H38N2O10/c1-9(2)18-14(22-10(3)25)20(16(27)12(7-24)31-18)33-21-15(23-11(4)26)19(30-6)17(28)13(32-21)8-29-5/h9,12-21,24,27-28H,7-8H2,1-6H3,(H,22,25)(H,23,26)/t12?,13?,14?,15?,16-,17+,18+,19-,20-,21+/m1/s1. The molecule has 0 radical (unpaired) electrons. The largest absolute Gasteiger partial charge is 0.394 e. The summed E-state index contributed by atoms with van der Waals surface area (Å²) in [6, 6.07) is -1.72. The second kappa shape index (κ2) is 12.4. The summed E-state index contributed by atoms with van der Waals surface area (Å²) in [6.45, 7) is 5.95. The van der Waals surface area contributed by atoms with Gasteiger partial charge in [-0.15, -0.1) is 0 Å². The van der Waals surface area contributed by atoms with Gasteiger partial charge in [-0.3, -0.25) is 9.59 Å². The zero-order chi connectivity index (χ0) is 24.9. The summed E-state index contributed by atoms with van der Waals surface area (Å²) >= 11 is 0. The summed E-state index contributed by atoms with van der Waals surface area (Å²) < 4.78 is 28.6. The van der Waals surface area contributed by atoms with E-state index in [2.05, 4.69) is 10.6 Å². The first-order valence-corrected chi connectivity index (χ1v) is 11.0. The van der Waals surface area contributed by atoms with Crippen LogP contribution in [0.3, 0.4) is 0 Å². The van der Waals surface area contributed by atoms with Gasteiger partial charge < -0.3 is 49.6 Å². The minimum atomic E-state index is -1.32. The SMILES string of the molecule is COCC1O[C@@H](O[C@@H]2C(NC(C)=O)[C@H](C(C)C)OC(CO)[C@H]2O)C(NC(C)=O)[C@@H](OC)[C@H]1O. The highest BCUT2D eigenvalue weighted by Gasteiger charge is 2.52. The average Bonchev–Trinajstić information content (AvgIpc) is 2.73. The van der Waals surface area contributed by atoms with Gasteiger partial charge in [0.05, 0.1) is 25.4 Å². The van der Waals surface area contributed by atoms with Crippen LogP contribution in [0.4, 0.5) is 0 Å². The second-order valence-corrected chi connectivity index (χ2v) is 8.80. The summed E-state index contributed by atoms with van der Waals surface area (Å²) in [4.78, 5) is 23.8. The lowest BCUT2D eigenvalue weighted by atomic mass is 9.86. The summed E-state index contributed by atoms with van der Waals surface area (Å²) in [7, 11) is 2.83. The van der Waals surface area contributed by atoms with E-state index in [9.17, 15) is 24.9 Å². The molecule has 5 N–H and O–H groups in total. The minimum absolute atomic E-state index is 0.0209. The number of nitrogens with one attached hydrogen (secondary N) is 2. The first kappa shape index (κ1) is 27.9. The first-order chi connectivity index (χ1) is 15.5.